The quantitative estimate of drug-likeness (QED) is 0.799. The van der Waals surface area contributed by atoms with Crippen LogP contribution in [0.4, 0.5) is 0 Å². The molecule has 1 aromatic rings. The molecule has 2 fully saturated rings. The van der Waals surface area contributed by atoms with Crippen molar-refractivity contribution in [3.8, 4) is 0 Å². The second-order valence-electron chi connectivity index (χ2n) is 5.61. The molecule has 1 N–H and O–H groups in total. The second kappa shape index (κ2) is 5.98. The molecular formula is C13H23N5O. The monoisotopic (exact) mass is 265 g/mol. The van der Waals surface area contributed by atoms with Gasteiger partial charge in [-0.05, 0) is 19.8 Å². The molecule has 0 aromatic carbocycles. The maximum Gasteiger partial charge on any atom is 0.0964 e. The smallest absolute Gasteiger partial charge is 0.0964 e. The molecule has 1 saturated carbocycles. The van der Waals surface area contributed by atoms with E-state index in [2.05, 4.69) is 33.6 Å². The molecule has 19 heavy (non-hydrogen) atoms. The van der Waals surface area contributed by atoms with E-state index in [1.54, 1.807) is 0 Å². The molecule has 0 spiro atoms. The Labute approximate surface area is 114 Å². The van der Waals surface area contributed by atoms with Gasteiger partial charge in [-0.2, -0.15) is 0 Å². The van der Waals surface area contributed by atoms with Crippen LogP contribution in [0.25, 0.3) is 0 Å². The molecule has 0 radical (unpaired) electrons. The lowest BCUT2D eigenvalue weighted by molar-refractivity contribution is -0.0194. The number of aromatic nitrogens is 3. The highest BCUT2D eigenvalue weighted by Gasteiger charge is 2.20. The molecule has 1 saturated heterocycles. The first kappa shape index (κ1) is 13.0. The molecule has 2 heterocycles. The van der Waals surface area contributed by atoms with Gasteiger partial charge in [0.2, 0.25) is 0 Å². The van der Waals surface area contributed by atoms with Gasteiger partial charge < -0.3 is 10.1 Å². The minimum absolute atomic E-state index is 0.350. The summed E-state index contributed by atoms with van der Waals surface area (Å²) < 4.78 is 7.49. The number of hydrogen-bond acceptors (Lipinski definition) is 5. The highest BCUT2D eigenvalue weighted by Crippen LogP contribution is 2.18. The molecule has 3 rings (SSSR count). The summed E-state index contributed by atoms with van der Waals surface area (Å²) in [6, 6.07) is 0.722. The third kappa shape index (κ3) is 3.99. The Kier molecular flexibility index (Phi) is 4.10. The lowest BCUT2D eigenvalue weighted by atomic mass is 10.3. The third-order valence-corrected chi connectivity index (χ3v) is 3.71. The number of nitrogens with zero attached hydrogens (tertiary/aromatic N) is 4. The van der Waals surface area contributed by atoms with Crippen molar-refractivity contribution in [2.75, 3.05) is 26.2 Å². The van der Waals surface area contributed by atoms with Crippen LogP contribution in [0.2, 0.25) is 0 Å². The van der Waals surface area contributed by atoms with E-state index >= 15 is 0 Å². The summed E-state index contributed by atoms with van der Waals surface area (Å²) in [6.07, 6.45) is 5.02. The molecule has 106 valence electrons. The average molecular weight is 265 g/mol. The Morgan fingerprint density at radius 1 is 1.42 bits per heavy atom. The van der Waals surface area contributed by atoms with Crippen LogP contribution in [-0.4, -0.2) is 58.3 Å². The van der Waals surface area contributed by atoms with Gasteiger partial charge in [-0.15, -0.1) is 5.10 Å². The first-order valence-corrected chi connectivity index (χ1v) is 7.26. The second-order valence-corrected chi connectivity index (χ2v) is 5.61. The summed E-state index contributed by atoms with van der Waals surface area (Å²) in [4.78, 5) is 2.43. The fraction of sp³-hybridized carbons (Fsp3) is 0.846. The summed E-state index contributed by atoms with van der Waals surface area (Å²) >= 11 is 0. The highest BCUT2D eigenvalue weighted by atomic mass is 16.5. The van der Waals surface area contributed by atoms with E-state index in [4.69, 9.17) is 4.74 Å². The van der Waals surface area contributed by atoms with Crippen molar-refractivity contribution in [3.05, 3.63) is 11.9 Å². The van der Waals surface area contributed by atoms with Gasteiger partial charge in [0.15, 0.2) is 0 Å². The number of morpholine rings is 1. The molecule has 0 bridgehead atoms. The summed E-state index contributed by atoms with van der Waals surface area (Å²) in [5.74, 6) is 0. The normalized spacial score (nSPS) is 24.8. The molecule has 6 heteroatoms. The van der Waals surface area contributed by atoms with E-state index in [1.807, 2.05) is 4.68 Å². The first-order chi connectivity index (χ1) is 9.29. The van der Waals surface area contributed by atoms with Crippen LogP contribution < -0.4 is 5.32 Å². The Morgan fingerprint density at radius 2 is 2.32 bits per heavy atom. The van der Waals surface area contributed by atoms with Crippen molar-refractivity contribution < 1.29 is 4.74 Å². The van der Waals surface area contributed by atoms with E-state index in [1.165, 1.54) is 12.8 Å². The van der Waals surface area contributed by atoms with Crippen LogP contribution in [-0.2, 0) is 17.8 Å². The lowest BCUT2D eigenvalue weighted by Crippen LogP contribution is -2.42. The van der Waals surface area contributed by atoms with E-state index in [-0.39, 0.29) is 0 Å². The molecule has 1 aliphatic carbocycles. The zero-order valence-corrected chi connectivity index (χ0v) is 11.6. The number of ether oxygens (including phenoxy) is 1. The van der Waals surface area contributed by atoms with Gasteiger partial charge in [-0.3, -0.25) is 9.58 Å². The molecule has 6 nitrogen and oxygen atoms in total. The zero-order valence-electron chi connectivity index (χ0n) is 11.6. The Morgan fingerprint density at radius 3 is 3.11 bits per heavy atom. The predicted molar refractivity (Wildman–Crippen MR) is 71.7 cm³/mol. The molecule has 0 amide bonds. The summed E-state index contributed by atoms with van der Waals surface area (Å²) in [6.45, 7) is 7.78. The van der Waals surface area contributed by atoms with Crippen molar-refractivity contribution in [2.45, 2.75) is 45.0 Å². The predicted octanol–water partition coefficient (Wildman–Crippen LogP) is 0.251. The maximum absolute atomic E-state index is 5.54. The van der Waals surface area contributed by atoms with E-state index in [0.29, 0.717) is 6.10 Å². The van der Waals surface area contributed by atoms with Gasteiger partial charge >= 0.3 is 0 Å². The Bertz CT molecular complexity index is 403. The van der Waals surface area contributed by atoms with Crippen molar-refractivity contribution >= 4 is 0 Å². The molecule has 1 aliphatic heterocycles. The topological polar surface area (TPSA) is 55.2 Å². The van der Waals surface area contributed by atoms with Crippen molar-refractivity contribution in [1.29, 1.82) is 0 Å². The van der Waals surface area contributed by atoms with Gasteiger partial charge in [-0.1, -0.05) is 5.21 Å². The molecule has 1 aromatic heterocycles. The minimum Gasteiger partial charge on any atom is -0.376 e. The van der Waals surface area contributed by atoms with Crippen molar-refractivity contribution in [1.82, 2.24) is 25.2 Å². The van der Waals surface area contributed by atoms with Crippen LogP contribution in [0.15, 0.2) is 6.20 Å². The minimum atomic E-state index is 0.350. The Hall–Kier alpha value is -0.980. The van der Waals surface area contributed by atoms with Crippen LogP contribution in [0.3, 0.4) is 0 Å². The zero-order chi connectivity index (χ0) is 13.1. The summed E-state index contributed by atoms with van der Waals surface area (Å²) in [5, 5.41) is 11.8. The Balaban J connectivity index is 1.41. The highest BCUT2D eigenvalue weighted by molar-refractivity contribution is 4.94. The number of hydrogen-bond donors (Lipinski definition) is 1. The van der Waals surface area contributed by atoms with E-state index in [0.717, 1.165) is 51.1 Å². The summed E-state index contributed by atoms with van der Waals surface area (Å²) in [5.41, 5.74) is 1.04. The molecule has 1 atom stereocenters. The molecular weight excluding hydrogens is 242 g/mol. The van der Waals surface area contributed by atoms with Crippen LogP contribution in [0.5, 0.6) is 0 Å². The fourth-order valence-corrected chi connectivity index (χ4v) is 2.40. The fourth-order valence-electron chi connectivity index (χ4n) is 2.40. The molecule has 1 unspecified atom stereocenters. The molecule has 2 aliphatic rings. The third-order valence-electron chi connectivity index (χ3n) is 3.71. The van der Waals surface area contributed by atoms with Crippen molar-refractivity contribution in [3.63, 3.8) is 0 Å². The van der Waals surface area contributed by atoms with Gasteiger partial charge in [0.25, 0.3) is 0 Å². The van der Waals surface area contributed by atoms with Gasteiger partial charge in [0.05, 0.1) is 24.9 Å². The van der Waals surface area contributed by atoms with Gasteiger partial charge in [-0.25, -0.2) is 0 Å². The van der Waals surface area contributed by atoms with Crippen LogP contribution >= 0.6 is 0 Å². The largest absolute Gasteiger partial charge is 0.376 e. The van der Waals surface area contributed by atoms with Crippen LogP contribution in [0, 0.1) is 0 Å². The number of rotatable bonds is 6. The number of nitrogens with one attached hydrogen (secondary N) is 1. The lowest BCUT2D eigenvalue weighted by Gasteiger charge is -2.30. The van der Waals surface area contributed by atoms with Crippen molar-refractivity contribution in [2.24, 2.45) is 0 Å². The van der Waals surface area contributed by atoms with E-state index < -0.39 is 0 Å². The van der Waals surface area contributed by atoms with E-state index in [9.17, 15) is 0 Å². The van der Waals surface area contributed by atoms with Gasteiger partial charge in [0.1, 0.15) is 0 Å². The SMILES string of the molecule is CC1CN(CCn2cc(CNC3CC3)nn2)CCO1. The van der Waals surface area contributed by atoms with Gasteiger partial charge in [0, 0.05) is 38.4 Å². The summed E-state index contributed by atoms with van der Waals surface area (Å²) in [7, 11) is 0. The average Bonchev–Trinajstić information content (AvgIpc) is 3.13. The standard InChI is InChI=1S/C13H23N5O/c1-11-9-17(6-7-19-11)4-5-18-10-13(15-16-18)8-14-12-2-3-12/h10-12,14H,2-9H2,1H3. The van der Waals surface area contributed by atoms with Crippen LogP contribution in [0.1, 0.15) is 25.5 Å². The maximum atomic E-state index is 5.54. The first-order valence-electron chi connectivity index (χ1n) is 7.26.